The second-order valence-corrected chi connectivity index (χ2v) is 6.17. The van der Waals surface area contributed by atoms with Gasteiger partial charge in [-0.25, -0.2) is 0 Å². The van der Waals surface area contributed by atoms with Crippen LogP contribution in [0.15, 0.2) is 36.4 Å². The standard InChI is InChI=1S/C15H20N2S/c1-12-4-9-15(18-12)10-16-14-7-5-13(6-8-14)11-17(2)3/h4-9,16H,10-11H2,1-3H3. The van der Waals surface area contributed by atoms with Crippen LogP contribution in [0.1, 0.15) is 15.3 Å². The molecule has 2 aromatic rings. The predicted octanol–water partition coefficient (Wildman–Crippen LogP) is 3.73. The normalized spacial score (nSPS) is 10.9. The molecular weight excluding hydrogens is 240 g/mol. The number of aryl methyl sites for hydroxylation is 1. The quantitative estimate of drug-likeness (QED) is 0.881. The number of rotatable bonds is 5. The first-order valence-corrected chi connectivity index (χ1v) is 6.98. The molecule has 2 nitrogen and oxygen atoms in total. The highest BCUT2D eigenvalue weighted by Crippen LogP contribution is 2.17. The van der Waals surface area contributed by atoms with Crippen LogP contribution >= 0.6 is 11.3 Å². The summed E-state index contributed by atoms with van der Waals surface area (Å²) in [5.74, 6) is 0. The van der Waals surface area contributed by atoms with Crippen molar-refractivity contribution in [3.05, 3.63) is 51.7 Å². The third kappa shape index (κ3) is 3.86. The molecule has 0 unspecified atom stereocenters. The lowest BCUT2D eigenvalue weighted by Crippen LogP contribution is -2.10. The van der Waals surface area contributed by atoms with Crippen molar-refractivity contribution in [1.29, 1.82) is 0 Å². The van der Waals surface area contributed by atoms with Gasteiger partial charge in [-0.2, -0.15) is 0 Å². The molecule has 0 atom stereocenters. The number of hydrogen-bond donors (Lipinski definition) is 1. The minimum atomic E-state index is 0.908. The lowest BCUT2D eigenvalue weighted by Gasteiger charge is -2.10. The monoisotopic (exact) mass is 260 g/mol. The number of hydrogen-bond acceptors (Lipinski definition) is 3. The largest absolute Gasteiger partial charge is 0.380 e. The third-order valence-corrected chi connectivity index (χ3v) is 3.72. The van der Waals surface area contributed by atoms with Crippen molar-refractivity contribution < 1.29 is 0 Å². The van der Waals surface area contributed by atoms with Crippen LogP contribution in [0.2, 0.25) is 0 Å². The summed E-state index contributed by atoms with van der Waals surface area (Å²) in [6.07, 6.45) is 0. The van der Waals surface area contributed by atoms with Crippen LogP contribution in [0.5, 0.6) is 0 Å². The van der Waals surface area contributed by atoms with Gasteiger partial charge in [-0.05, 0) is 50.8 Å². The van der Waals surface area contributed by atoms with Gasteiger partial charge in [0, 0.05) is 28.5 Å². The van der Waals surface area contributed by atoms with Crippen LogP contribution in [-0.2, 0) is 13.1 Å². The molecule has 3 heteroatoms. The molecule has 1 N–H and O–H groups in total. The van der Waals surface area contributed by atoms with Crippen molar-refractivity contribution in [1.82, 2.24) is 4.90 Å². The van der Waals surface area contributed by atoms with Gasteiger partial charge < -0.3 is 10.2 Å². The zero-order valence-electron chi connectivity index (χ0n) is 11.2. The Morgan fingerprint density at radius 2 is 1.78 bits per heavy atom. The Morgan fingerprint density at radius 1 is 1.06 bits per heavy atom. The molecule has 0 saturated carbocycles. The van der Waals surface area contributed by atoms with E-state index in [1.54, 1.807) is 0 Å². The maximum absolute atomic E-state index is 3.45. The van der Waals surface area contributed by atoms with Gasteiger partial charge >= 0.3 is 0 Å². The van der Waals surface area contributed by atoms with E-state index in [4.69, 9.17) is 0 Å². The molecule has 18 heavy (non-hydrogen) atoms. The van der Waals surface area contributed by atoms with Crippen LogP contribution in [-0.4, -0.2) is 19.0 Å². The zero-order chi connectivity index (χ0) is 13.0. The number of anilines is 1. The minimum absolute atomic E-state index is 0.908. The van der Waals surface area contributed by atoms with E-state index in [0.717, 1.165) is 13.1 Å². The molecule has 0 aliphatic rings. The Labute approximate surface area is 113 Å². The Kier molecular flexibility index (Phi) is 4.39. The second kappa shape index (κ2) is 6.03. The Morgan fingerprint density at radius 3 is 2.33 bits per heavy atom. The van der Waals surface area contributed by atoms with Crippen LogP contribution in [0.25, 0.3) is 0 Å². The van der Waals surface area contributed by atoms with Crippen molar-refractivity contribution in [3.63, 3.8) is 0 Å². The first kappa shape index (κ1) is 13.1. The lowest BCUT2D eigenvalue weighted by atomic mass is 10.2. The van der Waals surface area contributed by atoms with Gasteiger partial charge in [-0.15, -0.1) is 11.3 Å². The van der Waals surface area contributed by atoms with E-state index in [2.05, 4.69) is 67.6 Å². The highest BCUT2D eigenvalue weighted by Gasteiger charge is 1.98. The van der Waals surface area contributed by atoms with E-state index in [9.17, 15) is 0 Å². The van der Waals surface area contributed by atoms with Crippen molar-refractivity contribution >= 4 is 17.0 Å². The number of nitrogens with one attached hydrogen (secondary N) is 1. The van der Waals surface area contributed by atoms with Crippen LogP contribution < -0.4 is 5.32 Å². The van der Waals surface area contributed by atoms with Gasteiger partial charge in [0.1, 0.15) is 0 Å². The maximum Gasteiger partial charge on any atom is 0.0494 e. The van der Waals surface area contributed by atoms with E-state index in [0.29, 0.717) is 0 Å². The molecule has 0 aliphatic carbocycles. The summed E-state index contributed by atoms with van der Waals surface area (Å²) < 4.78 is 0. The third-order valence-electron chi connectivity index (χ3n) is 2.72. The van der Waals surface area contributed by atoms with E-state index in [1.165, 1.54) is 21.0 Å². The van der Waals surface area contributed by atoms with Crippen LogP contribution in [0, 0.1) is 6.92 Å². The summed E-state index contributed by atoms with van der Waals surface area (Å²) in [4.78, 5) is 4.93. The fourth-order valence-corrected chi connectivity index (χ4v) is 2.69. The molecule has 1 aromatic heterocycles. The average Bonchev–Trinajstić information content (AvgIpc) is 2.74. The van der Waals surface area contributed by atoms with E-state index >= 15 is 0 Å². The Balaban J connectivity index is 1.90. The molecule has 0 fully saturated rings. The van der Waals surface area contributed by atoms with Crippen molar-refractivity contribution in [3.8, 4) is 0 Å². The highest BCUT2D eigenvalue weighted by atomic mass is 32.1. The fourth-order valence-electron chi connectivity index (χ4n) is 1.86. The summed E-state index contributed by atoms with van der Waals surface area (Å²) >= 11 is 1.85. The smallest absolute Gasteiger partial charge is 0.0494 e. The summed E-state index contributed by atoms with van der Waals surface area (Å²) in [7, 11) is 4.18. The molecule has 1 aromatic carbocycles. The van der Waals surface area contributed by atoms with Gasteiger partial charge in [0.05, 0.1) is 0 Å². The molecule has 1 heterocycles. The van der Waals surface area contributed by atoms with Crippen molar-refractivity contribution in [2.75, 3.05) is 19.4 Å². The van der Waals surface area contributed by atoms with Gasteiger partial charge in [-0.1, -0.05) is 12.1 Å². The molecule has 0 radical (unpaired) electrons. The van der Waals surface area contributed by atoms with Gasteiger partial charge in [-0.3, -0.25) is 0 Å². The fraction of sp³-hybridized carbons (Fsp3) is 0.333. The highest BCUT2D eigenvalue weighted by molar-refractivity contribution is 7.11. The molecule has 0 aliphatic heterocycles. The molecule has 0 saturated heterocycles. The lowest BCUT2D eigenvalue weighted by molar-refractivity contribution is 0.402. The molecular formula is C15H20N2S. The van der Waals surface area contributed by atoms with Gasteiger partial charge in [0.25, 0.3) is 0 Å². The van der Waals surface area contributed by atoms with Crippen molar-refractivity contribution in [2.24, 2.45) is 0 Å². The van der Waals surface area contributed by atoms with E-state index < -0.39 is 0 Å². The molecule has 0 bridgehead atoms. The van der Waals surface area contributed by atoms with Crippen LogP contribution in [0.4, 0.5) is 5.69 Å². The average molecular weight is 260 g/mol. The Hall–Kier alpha value is -1.32. The molecule has 2 rings (SSSR count). The van der Waals surface area contributed by atoms with E-state index in [1.807, 2.05) is 11.3 Å². The number of thiophene rings is 1. The molecule has 96 valence electrons. The SMILES string of the molecule is Cc1ccc(CNc2ccc(CN(C)C)cc2)s1. The minimum Gasteiger partial charge on any atom is -0.380 e. The Bertz CT molecular complexity index is 485. The number of benzene rings is 1. The summed E-state index contributed by atoms with van der Waals surface area (Å²) in [6.45, 7) is 4.04. The first-order chi connectivity index (χ1) is 8.63. The zero-order valence-corrected chi connectivity index (χ0v) is 12.1. The van der Waals surface area contributed by atoms with Crippen molar-refractivity contribution in [2.45, 2.75) is 20.0 Å². The van der Waals surface area contributed by atoms with Gasteiger partial charge in [0.2, 0.25) is 0 Å². The predicted molar refractivity (Wildman–Crippen MR) is 80.2 cm³/mol. The first-order valence-electron chi connectivity index (χ1n) is 6.16. The second-order valence-electron chi connectivity index (χ2n) is 4.80. The van der Waals surface area contributed by atoms with Crippen LogP contribution in [0.3, 0.4) is 0 Å². The summed E-state index contributed by atoms with van der Waals surface area (Å²) in [5, 5.41) is 3.45. The molecule has 0 spiro atoms. The topological polar surface area (TPSA) is 15.3 Å². The molecule has 0 amide bonds. The summed E-state index contributed by atoms with van der Waals surface area (Å²) in [6, 6.07) is 13.0. The maximum atomic E-state index is 3.45. The number of nitrogens with zero attached hydrogens (tertiary/aromatic N) is 1. The summed E-state index contributed by atoms with van der Waals surface area (Å²) in [5.41, 5.74) is 2.53. The van der Waals surface area contributed by atoms with Gasteiger partial charge in [0.15, 0.2) is 0 Å². The van der Waals surface area contributed by atoms with E-state index in [-0.39, 0.29) is 0 Å².